The van der Waals surface area contributed by atoms with Crippen molar-refractivity contribution in [3.05, 3.63) is 75.5 Å². The molecule has 0 aliphatic heterocycles. The van der Waals surface area contributed by atoms with Gasteiger partial charge in [0.25, 0.3) is 0 Å². The Kier molecular flexibility index (Phi) is 4.65. The number of hydrogen-bond acceptors (Lipinski definition) is 2. The Morgan fingerprint density at radius 1 is 1.10 bits per heavy atom. The molecular weight excluding hydrogens is 339 g/mol. The van der Waals surface area contributed by atoms with Gasteiger partial charge >= 0.3 is 5.97 Å². The van der Waals surface area contributed by atoms with E-state index in [1.54, 1.807) is 18.2 Å². The highest BCUT2D eigenvalue weighted by molar-refractivity contribution is 9.10. The Morgan fingerprint density at radius 3 is 2.33 bits per heavy atom. The van der Waals surface area contributed by atoms with Crippen LogP contribution in [0.2, 0.25) is 0 Å². The zero-order valence-corrected chi connectivity index (χ0v) is 12.3. The van der Waals surface area contributed by atoms with Crippen molar-refractivity contribution < 1.29 is 19.1 Å². The van der Waals surface area contributed by atoms with Crippen LogP contribution in [0.4, 0.5) is 4.39 Å². The molecule has 2 rings (SSSR count). The number of rotatable bonds is 4. The first kappa shape index (κ1) is 15.1. The first-order valence-electron chi connectivity index (χ1n) is 5.98. The van der Waals surface area contributed by atoms with Crippen LogP contribution in [0, 0.1) is 5.82 Å². The van der Waals surface area contributed by atoms with Crippen LogP contribution >= 0.6 is 15.9 Å². The van der Waals surface area contributed by atoms with Gasteiger partial charge in [-0.15, -0.1) is 0 Å². The molecule has 0 spiro atoms. The van der Waals surface area contributed by atoms with Gasteiger partial charge in [-0.2, -0.15) is 0 Å². The number of halogens is 2. The fourth-order valence-corrected chi connectivity index (χ4v) is 2.23. The first-order valence-corrected chi connectivity index (χ1v) is 6.77. The molecule has 3 nitrogen and oxygen atoms in total. The molecule has 21 heavy (non-hydrogen) atoms. The lowest BCUT2D eigenvalue weighted by molar-refractivity contribution is 0.0696. The zero-order chi connectivity index (χ0) is 15.4. The van der Waals surface area contributed by atoms with E-state index >= 15 is 0 Å². The molecule has 0 amide bonds. The summed E-state index contributed by atoms with van der Waals surface area (Å²) in [5.41, 5.74) is 1.24. The minimum absolute atomic E-state index is 0.180. The molecule has 0 unspecified atom stereocenters. The molecule has 0 bridgehead atoms. The van der Waals surface area contributed by atoms with E-state index in [2.05, 4.69) is 15.9 Å². The maximum Gasteiger partial charge on any atom is 0.335 e. The normalized spacial score (nSPS) is 10.8. The summed E-state index contributed by atoms with van der Waals surface area (Å²) in [5, 5.41) is 8.79. The number of benzene rings is 2. The van der Waals surface area contributed by atoms with Crippen LogP contribution in [0.1, 0.15) is 26.3 Å². The molecule has 0 aromatic heterocycles. The summed E-state index contributed by atoms with van der Waals surface area (Å²) < 4.78 is 13.3. The van der Waals surface area contributed by atoms with Crippen LogP contribution in [0.15, 0.2) is 53.0 Å². The molecule has 2 aromatic carbocycles. The van der Waals surface area contributed by atoms with Crippen molar-refractivity contribution in [3.8, 4) is 0 Å². The van der Waals surface area contributed by atoms with Crippen LogP contribution in [0.5, 0.6) is 0 Å². The predicted octanol–water partition coefficient (Wildman–Crippen LogP) is 4.18. The van der Waals surface area contributed by atoms with Crippen molar-refractivity contribution >= 4 is 33.8 Å². The van der Waals surface area contributed by atoms with Gasteiger partial charge in [0.2, 0.25) is 0 Å². The van der Waals surface area contributed by atoms with Crippen molar-refractivity contribution in [1.29, 1.82) is 0 Å². The van der Waals surface area contributed by atoms with Gasteiger partial charge in [0.1, 0.15) is 5.82 Å². The van der Waals surface area contributed by atoms with Crippen molar-refractivity contribution in [2.45, 2.75) is 0 Å². The van der Waals surface area contributed by atoms with Crippen LogP contribution < -0.4 is 0 Å². The van der Waals surface area contributed by atoms with E-state index in [0.717, 1.165) is 0 Å². The molecule has 0 saturated carbocycles. The van der Waals surface area contributed by atoms with Gasteiger partial charge in [-0.25, -0.2) is 9.18 Å². The summed E-state index contributed by atoms with van der Waals surface area (Å²) in [5.74, 6) is -1.70. The summed E-state index contributed by atoms with van der Waals surface area (Å²) in [7, 11) is 0. The Bertz CT molecular complexity index is 721. The number of carboxylic acids is 1. The molecule has 1 N–H and O–H groups in total. The number of carbonyl (C=O) groups excluding carboxylic acids is 1. The van der Waals surface area contributed by atoms with Gasteiger partial charge in [0, 0.05) is 10.0 Å². The molecule has 0 aliphatic rings. The van der Waals surface area contributed by atoms with Gasteiger partial charge < -0.3 is 5.11 Å². The number of carbonyl (C=O) groups is 2. The second kappa shape index (κ2) is 6.45. The lowest BCUT2D eigenvalue weighted by atomic mass is 10.1. The van der Waals surface area contributed by atoms with E-state index < -0.39 is 11.8 Å². The average molecular weight is 349 g/mol. The lowest BCUT2D eigenvalue weighted by Gasteiger charge is -2.00. The highest BCUT2D eigenvalue weighted by Gasteiger charge is 2.08. The molecule has 106 valence electrons. The highest BCUT2D eigenvalue weighted by Crippen LogP contribution is 2.19. The fraction of sp³-hybridized carbons (Fsp3) is 0. The van der Waals surface area contributed by atoms with Gasteiger partial charge in [-0.1, -0.05) is 18.2 Å². The first-order chi connectivity index (χ1) is 9.97. The molecule has 0 saturated heterocycles. The number of ketones is 1. The Labute approximate surface area is 128 Å². The number of allylic oxidation sites excluding steroid dienone is 1. The molecular formula is C16H10BrFO3. The minimum Gasteiger partial charge on any atom is -0.478 e. The van der Waals surface area contributed by atoms with E-state index in [0.29, 0.717) is 15.6 Å². The maximum atomic E-state index is 13.0. The molecule has 0 radical (unpaired) electrons. The summed E-state index contributed by atoms with van der Waals surface area (Å²) >= 11 is 3.14. The van der Waals surface area contributed by atoms with E-state index in [1.165, 1.54) is 36.4 Å². The summed E-state index contributed by atoms with van der Waals surface area (Å²) in [4.78, 5) is 22.7. The number of carboxylic acid groups (broad SMARTS) is 1. The van der Waals surface area contributed by atoms with E-state index in [9.17, 15) is 14.0 Å². The highest BCUT2D eigenvalue weighted by atomic mass is 79.9. The Hall–Kier alpha value is -2.27. The van der Waals surface area contributed by atoms with Crippen molar-refractivity contribution in [1.82, 2.24) is 0 Å². The van der Waals surface area contributed by atoms with Crippen molar-refractivity contribution in [3.63, 3.8) is 0 Å². The molecule has 5 heteroatoms. The smallest absolute Gasteiger partial charge is 0.335 e. The van der Waals surface area contributed by atoms with Crippen LogP contribution in [0.25, 0.3) is 6.08 Å². The van der Waals surface area contributed by atoms with Crippen molar-refractivity contribution in [2.75, 3.05) is 0 Å². The molecule has 0 heterocycles. The number of aromatic carboxylic acids is 1. The largest absolute Gasteiger partial charge is 0.478 e. The van der Waals surface area contributed by atoms with Gasteiger partial charge in [0.15, 0.2) is 5.78 Å². The molecule has 0 atom stereocenters. The molecule has 0 fully saturated rings. The second-order valence-electron chi connectivity index (χ2n) is 4.25. The SMILES string of the molecule is O=C(O)c1ccc(C=CC(=O)c2ccc(F)cc2Br)cc1. The van der Waals surface area contributed by atoms with Crippen LogP contribution in [-0.4, -0.2) is 16.9 Å². The van der Waals surface area contributed by atoms with E-state index in [4.69, 9.17) is 5.11 Å². The minimum atomic E-state index is -1.00. The molecule has 2 aromatic rings. The second-order valence-corrected chi connectivity index (χ2v) is 5.10. The monoisotopic (exact) mass is 348 g/mol. The zero-order valence-electron chi connectivity index (χ0n) is 10.7. The topological polar surface area (TPSA) is 54.4 Å². The van der Waals surface area contributed by atoms with E-state index in [-0.39, 0.29) is 11.3 Å². The summed E-state index contributed by atoms with van der Waals surface area (Å²) in [6, 6.07) is 9.97. The van der Waals surface area contributed by atoms with Gasteiger partial charge in [-0.3, -0.25) is 4.79 Å². The van der Waals surface area contributed by atoms with Crippen LogP contribution in [-0.2, 0) is 0 Å². The average Bonchev–Trinajstić information content (AvgIpc) is 2.45. The fourth-order valence-electron chi connectivity index (χ4n) is 1.69. The summed E-state index contributed by atoms with van der Waals surface area (Å²) in [6.07, 6.45) is 2.93. The predicted molar refractivity (Wildman–Crippen MR) is 80.9 cm³/mol. The van der Waals surface area contributed by atoms with Crippen molar-refractivity contribution in [2.24, 2.45) is 0 Å². The standard InChI is InChI=1S/C16H10BrFO3/c17-14-9-12(18)6-7-13(14)15(19)8-3-10-1-4-11(5-2-10)16(20)21/h1-9H,(H,20,21). The third-order valence-electron chi connectivity index (χ3n) is 2.78. The maximum absolute atomic E-state index is 13.0. The lowest BCUT2D eigenvalue weighted by Crippen LogP contribution is -1.97. The van der Waals surface area contributed by atoms with Crippen LogP contribution in [0.3, 0.4) is 0 Å². The quantitative estimate of drug-likeness (QED) is 0.665. The summed E-state index contributed by atoms with van der Waals surface area (Å²) in [6.45, 7) is 0. The number of hydrogen-bond donors (Lipinski definition) is 1. The Morgan fingerprint density at radius 2 is 1.76 bits per heavy atom. The van der Waals surface area contributed by atoms with Gasteiger partial charge in [0.05, 0.1) is 5.56 Å². The third kappa shape index (κ3) is 3.86. The van der Waals surface area contributed by atoms with E-state index in [1.807, 2.05) is 0 Å². The Balaban J connectivity index is 2.16. The molecule has 0 aliphatic carbocycles. The third-order valence-corrected chi connectivity index (χ3v) is 3.44. The van der Waals surface area contributed by atoms with Gasteiger partial charge in [-0.05, 0) is 57.9 Å².